The highest BCUT2D eigenvalue weighted by Crippen LogP contribution is 2.25. The van der Waals surface area contributed by atoms with Gasteiger partial charge in [-0.3, -0.25) is 5.84 Å². The standard InChI is InChI=1S/C10H13FN2O.C2H6N2/c1-3-7-8(6-14)10(13(2)12)5-4-9(7)11;1-2-4-3/h3-5,14H,1,6,12H2,2H3;2,4H,1,3H2. The Morgan fingerprint density at radius 2 is 2.06 bits per heavy atom. The van der Waals surface area contributed by atoms with Crippen molar-refractivity contribution in [2.75, 3.05) is 12.1 Å². The van der Waals surface area contributed by atoms with Gasteiger partial charge in [-0.15, -0.1) is 0 Å². The van der Waals surface area contributed by atoms with Crippen molar-refractivity contribution >= 4 is 11.8 Å². The molecule has 0 aliphatic carbocycles. The first-order valence-electron chi connectivity index (χ1n) is 5.13. The number of hydrogen-bond donors (Lipinski definition) is 4. The fourth-order valence-electron chi connectivity index (χ4n) is 1.34. The van der Waals surface area contributed by atoms with Crippen LogP contribution in [0.1, 0.15) is 11.1 Å². The minimum atomic E-state index is -0.408. The highest BCUT2D eigenvalue weighted by Gasteiger charge is 2.11. The van der Waals surface area contributed by atoms with Crippen molar-refractivity contribution in [1.82, 2.24) is 5.43 Å². The molecule has 0 aliphatic heterocycles. The number of nitrogens with two attached hydrogens (primary N) is 2. The van der Waals surface area contributed by atoms with Crippen LogP contribution < -0.4 is 22.1 Å². The Bertz CT molecular complexity index is 407. The molecular formula is C12H19FN4O. The minimum Gasteiger partial charge on any atom is -0.392 e. The van der Waals surface area contributed by atoms with Crippen molar-refractivity contribution in [1.29, 1.82) is 0 Å². The van der Waals surface area contributed by atoms with E-state index in [1.165, 1.54) is 29.4 Å². The molecule has 0 fully saturated rings. The lowest BCUT2D eigenvalue weighted by molar-refractivity contribution is 0.281. The number of hydrazine groups is 2. The van der Waals surface area contributed by atoms with Gasteiger partial charge in [-0.25, -0.2) is 10.2 Å². The molecule has 6 N–H and O–H groups in total. The summed E-state index contributed by atoms with van der Waals surface area (Å²) < 4.78 is 13.2. The molecule has 0 atom stereocenters. The van der Waals surface area contributed by atoms with Crippen LogP contribution in [0, 0.1) is 5.82 Å². The molecular weight excluding hydrogens is 235 g/mol. The van der Waals surface area contributed by atoms with Gasteiger partial charge in [-0.05, 0) is 12.1 Å². The van der Waals surface area contributed by atoms with Crippen molar-refractivity contribution in [3.63, 3.8) is 0 Å². The van der Waals surface area contributed by atoms with E-state index in [0.29, 0.717) is 16.8 Å². The van der Waals surface area contributed by atoms with Gasteiger partial charge in [0.2, 0.25) is 0 Å². The van der Waals surface area contributed by atoms with Gasteiger partial charge in [0.15, 0.2) is 0 Å². The van der Waals surface area contributed by atoms with Crippen molar-refractivity contribution in [2.24, 2.45) is 11.7 Å². The molecule has 0 spiro atoms. The SMILES string of the molecule is C=CNN.C=Cc1c(F)ccc(N(C)N)c1CO. The van der Waals surface area contributed by atoms with Crippen LogP contribution in [0.3, 0.4) is 0 Å². The van der Waals surface area contributed by atoms with E-state index in [1.807, 2.05) is 0 Å². The fourth-order valence-corrected chi connectivity index (χ4v) is 1.34. The van der Waals surface area contributed by atoms with Crippen LogP contribution in [0.2, 0.25) is 0 Å². The number of benzene rings is 1. The summed E-state index contributed by atoms with van der Waals surface area (Å²) in [6.45, 7) is 6.47. The quantitative estimate of drug-likeness (QED) is 0.473. The molecule has 0 unspecified atom stereocenters. The van der Waals surface area contributed by atoms with Crippen molar-refractivity contribution in [3.8, 4) is 0 Å². The summed E-state index contributed by atoms with van der Waals surface area (Å²) in [5.41, 5.74) is 3.52. The summed E-state index contributed by atoms with van der Waals surface area (Å²) >= 11 is 0. The van der Waals surface area contributed by atoms with Gasteiger partial charge < -0.3 is 15.5 Å². The van der Waals surface area contributed by atoms with E-state index in [1.54, 1.807) is 7.05 Å². The predicted octanol–water partition coefficient (Wildman–Crippen LogP) is 0.864. The largest absolute Gasteiger partial charge is 0.392 e. The first kappa shape index (κ1) is 16.1. The molecule has 0 heterocycles. The maximum atomic E-state index is 13.2. The van der Waals surface area contributed by atoms with Gasteiger partial charge in [0.25, 0.3) is 0 Å². The smallest absolute Gasteiger partial charge is 0.130 e. The highest BCUT2D eigenvalue weighted by atomic mass is 19.1. The lowest BCUT2D eigenvalue weighted by atomic mass is 10.1. The molecule has 1 rings (SSSR count). The number of hydrogen-bond acceptors (Lipinski definition) is 5. The van der Waals surface area contributed by atoms with Crippen molar-refractivity contribution in [2.45, 2.75) is 6.61 Å². The Balaban J connectivity index is 0.000000631. The molecule has 0 saturated carbocycles. The Labute approximate surface area is 106 Å². The lowest BCUT2D eigenvalue weighted by Gasteiger charge is -2.18. The topological polar surface area (TPSA) is 87.5 Å². The highest BCUT2D eigenvalue weighted by molar-refractivity contribution is 5.64. The maximum absolute atomic E-state index is 13.2. The second-order valence-corrected chi connectivity index (χ2v) is 3.30. The Morgan fingerprint density at radius 3 is 2.39 bits per heavy atom. The van der Waals surface area contributed by atoms with E-state index < -0.39 is 5.82 Å². The summed E-state index contributed by atoms with van der Waals surface area (Å²) in [7, 11) is 1.62. The zero-order chi connectivity index (χ0) is 14.1. The van der Waals surface area contributed by atoms with Crippen LogP contribution in [0.4, 0.5) is 10.1 Å². The number of anilines is 1. The van der Waals surface area contributed by atoms with E-state index in [0.717, 1.165) is 0 Å². The van der Waals surface area contributed by atoms with Gasteiger partial charge in [-0.1, -0.05) is 19.2 Å². The van der Waals surface area contributed by atoms with Crippen LogP contribution in [-0.4, -0.2) is 12.2 Å². The van der Waals surface area contributed by atoms with Crippen LogP contribution >= 0.6 is 0 Å². The van der Waals surface area contributed by atoms with Crippen LogP contribution in [0.15, 0.2) is 31.5 Å². The Kier molecular flexibility index (Phi) is 7.37. The van der Waals surface area contributed by atoms with Gasteiger partial charge in [-0.2, -0.15) is 0 Å². The number of halogens is 1. The molecule has 0 bridgehead atoms. The lowest BCUT2D eigenvalue weighted by Crippen LogP contribution is -2.26. The average Bonchev–Trinajstić information content (AvgIpc) is 2.37. The molecule has 6 heteroatoms. The summed E-state index contributed by atoms with van der Waals surface area (Å²) in [5, 5.41) is 10.4. The van der Waals surface area contributed by atoms with Gasteiger partial charge in [0.1, 0.15) is 5.82 Å². The number of nitrogens with zero attached hydrogens (tertiary/aromatic N) is 1. The normalized spacial score (nSPS) is 8.94. The number of rotatable bonds is 4. The number of aliphatic hydroxyl groups is 1. The predicted molar refractivity (Wildman–Crippen MR) is 72.5 cm³/mol. The van der Waals surface area contributed by atoms with E-state index >= 15 is 0 Å². The second kappa shape index (κ2) is 8.24. The number of aliphatic hydroxyl groups excluding tert-OH is 1. The van der Waals surface area contributed by atoms with E-state index in [4.69, 9.17) is 10.9 Å². The molecule has 0 aromatic heterocycles. The van der Waals surface area contributed by atoms with Crippen molar-refractivity contribution < 1.29 is 9.50 Å². The Morgan fingerprint density at radius 1 is 1.50 bits per heavy atom. The zero-order valence-corrected chi connectivity index (χ0v) is 10.4. The number of nitrogens with one attached hydrogen (secondary N) is 1. The van der Waals surface area contributed by atoms with Crippen molar-refractivity contribution in [3.05, 3.63) is 48.4 Å². The van der Waals surface area contributed by atoms with Crippen LogP contribution in [0.5, 0.6) is 0 Å². The third-order valence-electron chi connectivity index (χ3n) is 2.14. The van der Waals surface area contributed by atoms with E-state index in [-0.39, 0.29) is 6.61 Å². The molecule has 0 radical (unpaired) electrons. The zero-order valence-electron chi connectivity index (χ0n) is 10.4. The first-order chi connectivity index (χ1) is 8.53. The summed E-state index contributed by atoms with van der Waals surface area (Å²) in [6.07, 6.45) is 2.77. The van der Waals surface area contributed by atoms with Gasteiger partial charge in [0, 0.05) is 24.4 Å². The first-order valence-corrected chi connectivity index (χ1v) is 5.13. The molecule has 1 aromatic carbocycles. The summed E-state index contributed by atoms with van der Waals surface area (Å²) in [4.78, 5) is 0. The molecule has 0 aliphatic rings. The summed E-state index contributed by atoms with van der Waals surface area (Å²) in [5.74, 6) is 9.78. The van der Waals surface area contributed by atoms with Crippen LogP contribution in [0.25, 0.3) is 6.08 Å². The molecule has 18 heavy (non-hydrogen) atoms. The van der Waals surface area contributed by atoms with E-state index in [2.05, 4.69) is 24.4 Å². The monoisotopic (exact) mass is 254 g/mol. The summed E-state index contributed by atoms with van der Waals surface area (Å²) in [6, 6.07) is 2.82. The van der Waals surface area contributed by atoms with Gasteiger partial charge in [0.05, 0.1) is 12.3 Å². The molecule has 0 saturated heterocycles. The molecule has 0 amide bonds. The minimum absolute atomic E-state index is 0.268. The molecule has 100 valence electrons. The maximum Gasteiger partial charge on any atom is 0.130 e. The molecule has 5 nitrogen and oxygen atoms in total. The molecule has 1 aromatic rings. The van der Waals surface area contributed by atoms with E-state index in [9.17, 15) is 4.39 Å². The fraction of sp³-hybridized carbons (Fsp3) is 0.167. The average molecular weight is 254 g/mol. The second-order valence-electron chi connectivity index (χ2n) is 3.30. The third kappa shape index (κ3) is 4.17. The Hall–Kier alpha value is -1.89. The third-order valence-corrected chi connectivity index (χ3v) is 2.14. The van der Waals surface area contributed by atoms with Crippen LogP contribution in [-0.2, 0) is 6.61 Å². The van der Waals surface area contributed by atoms with Gasteiger partial charge >= 0.3 is 0 Å².